The predicted molar refractivity (Wildman–Crippen MR) is 127 cm³/mol. The van der Waals surface area contributed by atoms with E-state index >= 15 is 0 Å². The first-order chi connectivity index (χ1) is 15.3. The molecule has 3 rings (SSSR count). The van der Waals surface area contributed by atoms with Crippen molar-refractivity contribution >= 4 is 23.6 Å². The van der Waals surface area contributed by atoms with Crippen molar-refractivity contribution < 1.29 is 9.53 Å². The monoisotopic (exact) mass is 454 g/mol. The van der Waals surface area contributed by atoms with Gasteiger partial charge < -0.3 is 14.2 Å². The van der Waals surface area contributed by atoms with Crippen molar-refractivity contribution in [2.24, 2.45) is 0 Å². The minimum Gasteiger partial charge on any atom is -0.383 e. The highest BCUT2D eigenvalue weighted by molar-refractivity contribution is 6.30. The Hall–Kier alpha value is -2.59. The van der Waals surface area contributed by atoms with Crippen LogP contribution in [0.3, 0.4) is 0 Å². The van der Waals surface area contributed by atoms with Gasteiger partial charge in [0.25, 0.3) is 5.91 Å². The standard InChI is InChI=1S/C25H31ClN4O2/c1-18-12-22(20(3)30(18)19(2)17-32-4)14-23(15-27)25(31)29-10-8-28(9-11-29)16-21-6-5-7-24(26)13-21/h5-7,12-14,19H,8-11,16-17H2,1-4H3/b23-14-/t19-/m1/s1. The molecule has 2 aromatic rings. The molecule has 1 atom stereocenters. The van der Waals surface area contributed by atoms with Crippen LogP contribution in [0.4, 0.5) is 0 Å². The molecule has 1 saturated heterocycles. The van der Waals surface area contributed by atoms with E-state index in [1.807, 2.05) is 38.1 Å². The Bertz CT molecular complexity index is 1030. The molecule has 170 valence electrons. The number of nitriles is 1. The number of piperazine rings is 1. The number of carbonyl (C=O) groups excluding carboxylic acids is 1. The van der Waals surface area contributed by atoms with Gasteiger partial charge in [0.15, 0.2) is 0 Å². The van der Waals surface area contributed by atoms with Crippen molar-refractivity contribution in [3.8, 4) is 6.07 Å². The number of halogens is 1. The average molecular weight is 455 g/mol. The molecule has 0 unspecified atom stereocenters. The number of aryl methyl sites for hydroxylation is 1. The van der Waals surface area contributed by atoms with E-state index in [4.69, 9.17) is 16.3 Å². The lowest BCUT2D eigenvalue weighted by Gasteiger charge is -2.34. The second kappa shape index (κ2) is 10.8. The van der Waals surface area contributed by atoms with Gasteiger partial charge >= 0.3 is 0 Å². The Morgan fingerprint density at radius 3 is 2.59 bits per heavy atom. The van der Waals surface area contributed by atoms with Gasteiger partial charge in [0.05, 0.1) is 12.6 Å². The van der Waals surface area contributed by atoms with Crippen LogP contribution in [0.5, 0.6) is 0 Å². The third-order valence-electron chi connectivity index (χ3n) is 5.98. The number of carbonyl (C=O) groups is 1. The van der Waals surface area contributed by atoms with Crippen molar-refractivity contribution in [3.63, 3.8) is 0 Å². The molecule has 32 heavy (non-hydrogen) atoms. The van der Waals surface area contributed by atoms with Gasteiger partial charge in [-0.2, -0.15) is 5.26 Å². The SMILES string of the molecule is COC[C@@H](C)n1c(C)cc(/C=C(/C#N)C(=O)N2CCN(Cc3cccc(Cl)c3)CC2)c1C. The number of methoxy groups -OCH3 is 1. The van der Waals surface area contributed by atoms with Crippen LogP contribution in [0.25, 0.3) is 6.08 Å². The summed E-state index contributed by atoms with van der Waals surface area (Å²) in [5.41, 5.74) is 4.34. The number of hydrogen-bond acceptors (Lipinski definition) is 4. The number of benzene rings is 1. The fourth-order valence-electron chi connectivity index (χ4n) is 4.41. The van der Waals surface area contributed by atoms with Crippen molar-refractivity contribution in [3.05, 3.63) is 63.4 Å². The summed E-state index contributed by atoms with van der Waals surface area (Å²) in [4.78, 5) is 17.1. The van der Waals surface area contributed by atoms with Gasteiger partial charge in [0, 0.05) is 56.2 Å². The highest BCUT2D eigenvalue weighted by atomic mass is 35.5. The molecule has 6 nitrogen and oxygen atoms in total. The van der Waals surface area contributed by atoms with Gasteiger partial charge in [-0.25, -0.2) is 0 Å². The van der Waals surface area contributed by atoms with Crippen LogP contribution in [0.15, 0.2) is 35.9 Å². The zero-order chi connectivity index (χ0) is 23.3. The molecule has 1 aliphatic rings. The fourth-order valence-corrected chi connectivity index (χ4v) is 4.63. The average Bonchev–Trinajstić information content (AvgIpc) is 3.05. The van der Waals surface area contributed by atoms with Gasteiger partial charge in [0.2, 0.25) is 0 Å². The molecule has 7 heteroatoms. The van der Waals surface area contributed by atoms with Crippen LogP contribution in [-0.2, 0) is 16.1 Å². The maximum Gasteiger partial charge on any atom is 0.264 e. The van der Waals surface area contributed by atoms with E-state index in [1.54, 1.807) is 18.1 Å². The maximum absolute atomic E-state index is 13.1. The van der Waals surface area contributed by atoms with Crippen molar-refractivity contribution in [1.82, 2.24) is 14.4 Å². The van der Waals surface area contributed by atoms with Crippen LogP contribution >= 0.6 is 11.6 Å². The first kappa shape index (κ1) is 24.1. The lowest BCUT2D eigenvalue weighted by atomic mass is 10.1. The molecule has 1 fully saturated rings. The summed E-state index contributed by atoms with van der Waals surface area (Å²) in [6.07, 6.45) is 1.72. The fraction of sp³-hybridized carbons (Fsp3) is 0.440. The lowest BCUT2D eigenvalue weighted by molar-refractivity contribution is -0.128. The largest absolute Gasteiger partial charge is 0.383 e. The third-order valence-corrected chi connectivity index (χ3v) is 6.21. The molecule has 0 aliphatic carbocycles. The lowest BCUT2D eigenvalue weighted by Crippen LogP contribution is -2.48. The Labute approximate surface area is 195 Å². The van der Waals surface area contributed by atoms with Crippen LogP contribution in [0.2, 0.25) is 5.02 Å². The number of rotatable bonds is 7. The maximum atomic E-state index is 13.1. The van der Waals surface area contributed by atoms with E-state index in [2.05, 4.69) is 28.5 Å². The molecule has 1 aromatic heterocycles. The van der Waals surface area contributed by atoms with Crippen molar-refractivity contribution in [1.29, 1.82) is 5.26 Å². The molecule has 0 N–H and O–H groups in total. The zero-order valence-corrected chi connectivity index (χ0v) is 20.0. The van der Waals surface area contributed by atoms with Crippen LogP contribution < -0.4 is 0 Å². The summed E-state index contributed by atoms with van der Waals surface area (Å²) in [6, 6.07) is 12.2. The zero-order valence-electron chi connectivity index (χ0n) is 19.3. The Morgan fingerprint density at radius 2 is 1.97 bits per heavy atom. The molecule has 0 radical (unpaired) electrons. The molecule has 2 heterocycles. The van der Waals surface area contributed by atoms with E-state index in [0.717, 1.165) is 47.2 Å². The van der Waals surface area contributed by atoms with Gasteiger partial charge in [0.1, 0.15) is 11.6 Å². The second-order valence-electron chi connectivity index (χ2n) is 8.37. The summed E-state index contributed by atoms with van der Waals surface area (Å²) < 4.78 is 7.47. The molecule has 1 aliphatic heterocycles. The first-order valence-electron chi connectivity index (χ1n) is 10.9. The van der Waals surface area contributed by atoms with Crippen LogP contribution in [0.1, 0.15) is 35.5 Å². The number of hydrogen-bond donors (Lipinski definition) is 0. The third kappa shape index (κ3) is 5.60. The van der Waals surface area contributed by atoms with E-state index in [1.165, 1.54) is 0 Å². The van der Waals surface area contributed by atoms with Crippen molar-refractivity contribution in [2.75, 3.05) is 39.9 Å². The highest BCUT2D eigenvalue weighted by Gasteiger charge is 2.24. The van der Waals surface area contributed by atoms with E-state index < -0.39 is 0 Å². The van der Waals surface area contributed by atoms with Gasteiger partial charge in [-0.1, -0.05) is 23.7 Å². The highest BCUT2D eigenvalue weighted by Crippen LogP contribution is 2.23. The topological polar surface area (TPSA) is 61.5 Å². The van der Waals surface area contributed by atoms with Crippen LogP contribution in [-0.4, -0.2) is 60.2 Å². The minimum atomic E-state index is -0.204. The molecule has 0 bridgehead atoms. The Morgan fingerprint density at radius 1 is 1.25 bits per heavy atom. The minimum absolute atomic E-state index is 0.174. The van der Waals surface area contributed by atoms with Crippen molar-refractivity contribution in [2.45, 2.75) is 33.4 Å². The number of nitrogens with zero attached hydrogens (tertiary/aromatic N) is 4. The van der Waals surface area contributed by atoms with E-state index in [-0.39, 0.29) is 17.5 Å². The van der Waals surface area contributed by atoms with Crippen LogP contribution in [0, 0.1) is 25.2 Å². The summed E-state index contributed by atoms with van der Waals surface area (Å²) in [6.45, 7) is 10.3. The smallest absolute Gasteiger partial charge is 0.264 e. The number of ether oxygens (including phenoxy) is 1. The summed E-state index contributed by atoms with van der Waals surface area (Å²) in [7, 11) is 1.69. The van der Waals surface area contributed by atoms with E-state index in [0.29, 0.717) is 19.7 Å². The molecule has 1 amide bonds. The molecule has 0 spiro atoms. The summed E-state index contributed by atoms with van der Waals surface area (Å²) >= 11 is 6.08. The molecular formula is C25H31ClN4O2. The van der Waals surface area contributed by atoms with Gasteiger partial charge in [-0.15, -0.1) is 0 Å². The molecule has 1 aromatic carbocycles. The van der Waals surface area contributed by atoms with Gasteiger partial charge in [-0.3, -0.25) is 9.69 Å². The van der Waals surface area contributed by atoms with Gasteiger partial charge in [-0.05, 0) is 56.2 Å². The summed E-state index contributed by atoms with van der Waals surface area (Å²) in [5.74, 6) is -0.204. The second-order valence-corrected chi connectivity index (χ2v) is 8.81. The Kier molecular flexibility index (Phi) is 8.14. The van der Waals surface area contributed by atoms with E-state index in [9.17, 15) is 10.1 Å². The number of aromatic nitrogens is 1. The normalized spacial score (nSPS) is 16.1. The molecular weight excluding hydrogens is 424 g/mol. The molecule has 0 saturated carbocycles. The Balaban J connectivity index is 1.67. The first-order valence-corrected chi connectivity index (χ1v) is 11.3. The summed E-state index contributed by atoms with van der Waals surface area (Å²) in [5, 5.41) is 10.4. The quantitative estimate of drug-likeness (QED) is 0.464. The number of amides is 1. The predicted octanol–water partition coefficient (Wildman–Crippen LogP) is 4.22.